The summed E-state index contributed by atoms with van der Waals surface area (Å²) < 4.78 is 47.9. The number of benzene rings is 3. The number of pyridine rings is 1. The van der Waals surface area contributed by atoms with Crippen molar-refractivity contribution in [3.05, 3.63) is 105 Å². The molecule has 1 heterocycles. The molecule has 8 heteroatoms. The van der Waals surface area contributed by atoms with Gasteiger partial charge in [0, 0.05) is 29.6 Å². The van der Waals surface area contributed by atoms with Crippen LogP contribution >= 0.6 is 0 Å². The third-order valence-corrected chi connectivity index (χ3v) is 8.05. The van der Waals surface area contributed by atoms with Gasteiger partial charge >= 0.3 is 0 Å². The number of ether oxygens (including phenoxy) is 1. The Bertz CT molecular complexity index is 1540. The second kappa shape index (κ2) is 9.64. The monoisotopic (exact) mass is 494 g/mol. The van der Waals surface area contributed by atoms with Gasteiger partial charge < -0.3 is 9.72 Å². The Labute approximate surface area is 204 Å². The number of rotatable bonds is 7. The molecule has 1 N–H and O–H groups in total. The third kappa shape index (κ3) is 5.13. The number of methoxy groups -OCH3 is 1. The molecule has 0 fully saturated rings. The van der Waals surface area contributed by atoms with E-state index in [9.17, 15) is 17.6 Å². The number of aryl methyl sites for hydroxylation is 3. The van der Waals surface area contributed by atoms with E-state index in [0.29, 0.717) is 33.5 Å². The van der Waals surface area contributed by atoms with Gasteiger partial charge in [0.25, 0.3) is 5.56 Å². The summed E-state index contributed by atoms with van der Waals surface area (Å²) in [5.74, 6) is 0.213. The second-order valence-corrected chi connectivity index (χ2v) is 10.6. The van der Waals surface area contributed by atoms with E-state index >= 15 is 0 Å². The molecule has 0 amide bonds. The van der Waals surface area contributed by atoms with Gasteiger partial charge in [-0.1, -0.05) is 29.8 Å². The minimum atomic E-state index is -4.01. The van der Waals surface area contributed by atoms with Crippen molar-refractivity contribution in [2.45, 2.75) is 38.8 Å². The Balaban J connectivity index is 1.83. The van der Waals surface area contributed by atoms with E-state index in [2.05, 4.69) is 4.98 Å². The normalized spacial score (nSPS) is 11.8. The number of hydrogen-bond donors (Lipinski definition) is 1. The van der Waals surface area contributed by atoms with Crippen LogP contribution in [0.1, 0.15) is 27.8 Å². The van der Waals surface area contributed by atoms with Gasteiger partial charge in [0.05, 0.1) is 12.0 Å². The molecule has 0 saturated heterocycles. The van der Waals surface area contributed by atoms with E-state index < -0.39 is 15.8 Å². The van der Waals surface area contributed by atoms with E-state index in [0.717, 1.165) is 10.9 Å². The summed E-state index contributed by atoms with van der Waals surface area (Å²) in [6.45, 7) is 5.26. The molecule has 3 aromatic carbocycles. The molecular weight excluding hydrogens is 467 g/mol. The Morgan fingerprint density at radius 1 is 0.914 bits per heavy atom. The van der Waals surface area contributed by atoms with Crippen molar-refractivity contribution >= 4 is 20.9 Å². The molecule has 0 aliphatic rings. The van der Waals surface area contributed by atoms with E-state index in [1.807, 2.05) is 19.1 Å². The largest absolute Gasteiger partial charge is 0.497 e. The first-order valence-corrected chi connectivity index (χ1v) is 12.5. The number of aromatic amines is 1. The topological polar surface area (TPSA) is 79.5 Å². The molecule has 0 spiro atoms. The van der Waals surface area contributed by atoms with Crippen molar-refractivity contribution < 1.29 is 17.5 Å². The highest BCUT2D eigenvalue weighted by atomic mass is 32.2. The first kappa shape index (κ1) is 24.6. The Morgan fingerprint density at radius 3 is 2.20 bits per heavy atom. The van der Waals surface area contributed by atoms with Crippen LogP contribution in [0.5, 0.6) is 5.75 Å². The van der Waals surface area contributed by atoms with Gasteiger partial charge in [-0.15, -0.1) is 0 Å². The highest BCUT2D eigenvalue weighted by Crippen LogP contribution is 2.28. The fourth-order valence-corrected chi connectivity index (χ4v) is 6.20. The predicted molar refractivity (Wildman–Crippen MR) is 135 cm³/mol. The van der Waals surface area contributed by atoms with E-state index in [-0.39, 0.29) is 23.5 Å². The lowest BCUT2D eigenvalue weighted by molar-refractivity contribution is 0.399. The molecule has 182 valence electrons. The lowest BCUT2D eigenvalue weighted by Gasteiger charge is -2.24. The standard InChI is InChI=1S/C27H27FN2O4S/c1-17-11-18(2)26(19(3)12-17)35(32,33)30(15-20-5-7-23(28)8-6-20)16-22-13-21-14-24(34-4)9-10-25(21)29-27(22)31/h5-14H,15-16H2,1-4H3,(H,29,31). The molecular formula is C27H27FN2O4S. The Morgan fingerprint density at radius 2 is 1.57 bits per heavy atom. The van der Waals surface area contributed by atoms with Crippen molar-refractivity contribution in [1.29, 1.82) is 0 Å². The van der Waals surface area contributed by atoms with Crippen LogP contribution in [-0.2, 0) is 23.1 Å². The number of sulfonamides is 1. The van der Waals surface area contributed by atoms with Gasteiger partial charge in [-0.05, 0) is 73.9 Å². The molecule has 4 aromatic rings. The van der Waals surface area contributed by atoms with Crippen LogP contribution in [0, 0.1) is 26.6 Å². The number of hydrogen-bond acceptors (Lipinski definition) is 4. The number of nitrogens with zero attached hydrogens (tertiary/aromatic N) is 1. The highest BCUT2D eigenvalue weighted by molar-refractivity contribution is 7.89. The highest BCUT2D eigenvalue weighted by Gasteiger charge is 2.29. The number of halogens is 1. The summed E-state index contributed by atoms with van der Waals surface area (Å²) in [5.41, 5.74) is 3.36. The van der Waals surface area contributed by atoms with Crippen LogP contribution in [0.3, 0.4) is 0 Å². The molecule has 0 atom stereocenters. The fraction of sp³-hybridized carbons (Fsp3) is 0.222. The van der Waals surface area contributed by atoms with Crippen molar-refractivity contribution in [3.8, 4) is 5.75 Å². The molecule has 35 heavy (non-hydrogen) atoms. The molecule has 0 unspecified atom stereocenters. The maximum atomic E-state index is 14.0. The predicted octanol–water partition coefficient (Wildman–Crippen LogP) is 4.99. The van der Waals surface area contributed by atoms with Gasteiger partial charge in [0.2, 0.25) is 10.0 Å². The summed E-state index contributed by atoms with van der Waals surface area (Å²) >= 11 is 0. The van der Waals surface area contributed by atoms with Gasteiger partial charge in [0.1, 0.15) is 11.6 Å². The average Bonchev–Trinajstić information content (AvgIpc) is 2.79. The minimum absolute atomic E-state index is 0.0229. The van der Waals surface area contributed by atoms with Crippen molar-refractivity contribution in [1.82, 2.24) is 9.29 Å². The van der Waals surface area contributed by atoms with E-state index in [1.165, 1.54) is 16.4 Å². The number of H-pyrrole nitrogens is 1. The summed E-state index contributed by atoms with van der Waals surface area (Å²) in [4.78, 5) is 15.9. The zero-order chi connectivity index (χ0) is 25.3. The van der Waals surface area contributed by atoms with Crippen LogP contribution in [0.15, 0.2) is 70.4 Å². The SMILES string of the molecule is COc1ccc2[nH]c(=O)c(CN(Cc3ccc(F)cc3)S(=O)(=O)c3c(C)cc(C)cc3C)cc2c1. The van der Waals surface area contributed by atoms with E-state index in [1.54, 1.807) is 57.4 Å². The lowest BCUT2D eigenvalue weighted by Crippen LogP contribution is -2.33. The third-order valence-electron chi connectivity index (χ3n) is 5.95. The Hall–Kier alpha value is -3.49. The number of fused-ring (bicyclic) bond motifs is 1. The first-order chi connectivity index (χ1) is 16.6. The molecule has 0 radical (unpaired) electrons. The molecule has 0 bridgehead atoms. The molecule has 4 rings (SSSR count). The molecule has 0 aliphatic heterocycles. The second-order valence-electron chi connectivity index (χ2n) is 8.70. The zero-order valence-electron chi connectivity index (χ0n) is 20.1. The number of nitrogens with one attached hydrogen (secondary N) is 1. The zero-order valence-corrected chi connectivity index (χ0v) is 20.9. The lowest BCUT2D eigenvalue weighted by atomic mass is 10.1. The maximum absolute atomic E-state index is 14.0. The van der Waals surface area contributed by atoms with Crippen LogP contribution < -0.4 is 10.3 Å². The smallest absolute Gasteiger partial charge is 0.252 e. The van der Waals surface area contributed by atoms with Crippen molar-refractivity contribution in [2.75, 3.05) is 7.11 Å². The van der Waals surface area contributed by atoms with Gasteiger partial charge in [-0.25, -0.2) is 12.8 Å². The summed E-state index contributed by atoms with van der Waals surface area (Å²) in [6, 6.07) is 16.3. The fourth-order valence-electron chi connectivity index (χ4n) is 4.39. The van der Waals surface area contributed by atoms with Crippen LogP contribution in [0.4, 0.5) is 4.39 Å². The van der Waals surface area contributed by atoms with Crippen LogP contribution in [0.25, 0.3) is 10.9 Å². The van der Waals surface area contributed by atoms with Crippen LogP contribution in [0.2, 0.25) is 0 Å². The van der Waals surface area contributed by atoms with Gasteiger partial charge in [-0.3, -0.25) is 4.79 Å². The summed E-state index contributed by atoms with van der Waals surface area (Å²) in [6.07, 6.45) is 0. The molecule has 0 saturated carbocycles. The molecule has 6 nitrogen and oxygen atoms in total. The summed E-state index contributed by atoms with van der Waals surface area (Å²) in [5, 5.41) is 0.723. The number of aromatic nitrogens is 1. The van der Waals surface area contributed by atoms with Crippen LogP contribution in [-0.4, -0.2) is 24.8 Å². The summed E-state index contributed by atoms with van der Waals surface area (Å²) in [7, 11) is -2.45. The minimum Gasteiger partial charge on any atom is -0.497 e. The Kier molecular flexibility index (Phi) is 6.78. The van der Waals surface area contributed by atoms with Crippen molar-refractivity contribution in [2.24, 2.45) is 0 Å². The van der Waals surface area contributed by atoms with Crippen molar-refractivity contribution in [3.63, 3.8) is 0 Å². The van der Waals surface area contributed by atoms with Gasteiger partial charge in [0.15, 0.2) is 0 Å². The quantitative estimate of drug-likeness (QED) is 0.393. The molecule has 1 aromatic heterocycles. The first-order valence-electron chi connectivity index (χ1n) is 11.1. The van der Waals surface area contributed by atoms with E-state index in [4.69, 9.17) is 4.74 Å². The average molecular weight is 495 g/mol. The maximum Gasteiger partial charge on any atom is 0.252 e. The van der Waals surface area contributed by atoms with Gasteiger partial charge in [-0.2, -0.15) is 4.31 Å². The molecule has 0 aliphatic carbocycles.